The van der Waals surface area contributed by atoms with Crippen molar-refractivity contribution in [2.24, 2.45) is 0 Å². The smallest absolute Gasteiger partial charge is 0.229 e. The predicted molar refractivity (Wildman–Crippen MR) is 146 cm³/mol. The van der Waals surface area contributed by atoms with Gasteiger partial charge in [-0.25, -0.2) is 0 Å². The molecule has 0 saturated carbocycles. The first kappa shape index (κ1) is 32.2. The maximum absolute atomic E-state index is 13.1. The Kier molecular flexibility index (Phi) is 9.50. The quantitative estimate of drug-likeness (QED) is 0.190. The van der Waals surface area contributed by atoms with E-state index in [1.165, 1.54) is 39.3 Å². The lowest BCUT2D eigenvalue weighted by Gasteiger charge is -2.42. The first-order valence-corrected chi connectivity index (χ1v) is 13.9. The topological polar surface area (TPSA) is 223 Å². The molecule has 44 heavy (non-hydrogen) atoms. The molecule has 0 radical (unpaired) electrons. The van der Waals surface area contributed by atoms with Crippen LogP contribution in [0.1, 0.15) is 35.4 Å². The van der Waals surface area contributed by atoms with Gasteiger partial charge in [-0.1, -0.05) is 6.07 Å². The van der Waals surface area contributed by atoms with Crippen molar-refractivity contribution in [3.63, 3.8) is 0 Å². The molecule has 0 aliphatic carbocycles. The van der Waals surface area contributed by atoms with Crippen molar-refractivity contribution in [2.45, 2.75) is 80.9 Å². The number of Topliss-reactive ketones (excluding diaryl/α,β-unsaturated/α-hetero) is 1. The van der Waals surface area contributed by atoms with Gasteiger partial charge in [0.2, 0.25) is 6.29 Å². The zero-order valence-corrected chi connectivity index (χ0v) is 24.0. The first-order valence-electron chi connectivity index (χ1n) is 13.9. The number of benzene rings is 2. The van der Waals surface area contributed by atoms with Crippen molar-refractivity contribution in [1.82, 2.24) is 0 Å². The molecule has 2 aromatic carbocycles. The maximum Gasteiger partial charge on any atom is 0.229 e. The normalized spacial score (nSPS) is 35.4. The highest BCUT2D eigenvalue weighted by molar-refractivity contribution is 6.02. The molecule has 11 atom stereocenters. The molecule has 0 amide bonds. The Balaban J connectivity index is 1.33. The predicted octanol–water partition coefficient (Wildman–Crippen LogP) is -0.854. The van der Waals surface area contributed by atoms with E-state index in [2.05, 4.69) is 0 Å². The lowest BCUT2D eigenvalue weighted by Crippen LogP contribution is -2.61. The second-order valence-electron chi connectivity index (χ2n) is 10.8. The Morgan fingerprint density at radius 1 is 0.818 bits per heavy atom. The molecule has 0 unspecified atom stereocenters. The van der Waals surface area contributed by atoms with Crippen molar-refractivity contribution < 1.29 is 73.7 Å². The molecular weight excluding hydrogens is 588 g/mol. The third-order valence-electron chi connectivity index (χ3n) is 7.91. The number of hydrogen-bond acceptors (Lipinski definition) is 15. The van der Waals surface area contributed by atoms with Crippen LogP contribution in [0, 0.1) is 0 Å². The van der Waals surface area contributed by atoms with Gasteiger partial charge in [-0.05, 0) is 24.6 Å². The fourth-order valence-electron chi connectivity index (χ4n) is 5.35. The van der Waals surface area contributed by atoms with E-state index in [1.807, 2.05) is 0 Å². The summed E-state index contributed by atoms with van der Waals surface area (Å²) in [4.78, 5) is 13.1. The van der Waals surface area contributed by atoms with Crippen LogP contribution in [0.25, 0.3) is 0 Å². The molecule has 2 aromatic rings. The van der Waals surface area contributed by atoms with Gasteiger partial charge in [-0.3, -0.25) is 4.79 Å². The Labute approximate surface area is 251 Å². The molecule has 0 spiro atoms. The molecule has 2 saturated heterocycles. The van der Waals surface area contributed by atoms with E-state index >= 15 is 0 Å². The van der Waals surface area contributed by atoms with Crippen LogP contribution in [0.5, 0.6) is 28.7 Å². The molecule has 0 bridgehead atoms. The fraction of sp³-hybridized carbons (Fsp3) is 0.552. The number of aliphatic hydroxyl groups is 6. The Hall–Kier alpha value is -3.25. The van der Waals surface area contributed by atoms with E-state index in [0.717, 1.165) is 0 Å². The summed E-state index contributed by atoms with van der Waals surface area (Å²) in [6, 6.07) is 7.38. The first-order chi connectivity index (χ1) is 20.9. The van der Waals surface area contributed by atoms with E-state index in [0.29, 0.717) is 5.56 Å². The third-order valence-corrected chi connectivity index (χ3v) is 7.91. The Morgan fingerprint density at radius 3 is 2.18 bits per heavy atom. The van der Waals surface area contributed by atoms with Crippen LogP contribution in [-0.4, -0.2) is 124 Å². The number of carbonyl (C=O) groups is 1. The van der Waals surface area contributed by atoms with Gasteiger partial charge >= 0.3 is 0 Å². The van der Waals surface area contributed by atoms with E-state index in [4.69, 9.17) is 33.2 Å². The molecule has 3 aliphatic heterocycles. The van der Waals surface area contributed by atoms with E-state index in [-0.39, 0.29) is 46.5 Å². The summed E-state index contributed by atoms with van der Waals surface area (Å²) in [6.45, 7) is 1.00. The highest BCUT2D eigenvalue weighted by Gasteiger charge is 2.47. The summed E-state index contributed by atoms with van der Waals surface area (Å²) in [5.74, 6) is 0.0679. The van der Waals surface area contributed by atoms with Crippen molar-refractivity contribution in [1.29, 1.82) is 0 Å². The highest BCUT2D eigenvalue weighted by atomic mass is 16.7. The van der Waals surface area contributed by atoms with Gasteiger partial charge in [0, 0.05) is 12.1 Å². The minimum absolute atomic E-state index is 0.0240. The van der Waals surface area contributed by atoms with Gasteiger partial charge in [0.05, 0.1) is 33.4 Å². The number of fused-ring (bicyclic) bond motifs is 1. The summed E-state index contributed by atoms with van der Waals surface area (Å²) < 4.78 is 39.0. The monoisotopic (exact) mass is 624 g/mol. The van der Waals surface area contributed by atoms with E-state index in [9.17, 15) is 40.5 Å². The number of ether oxygens (including phenoxy) is 7. The summed E-state index contributed by atoms with van der Waals surface area (Å²) >= 11 is 0. The standard InChI is InChI=1S/C29H36O15/c1-11-22(32)24(34)26(36)28(41-11)40-10-20-23(33)25(35)27(37)29(44-20)42-13-7-18(39-3)21-15(31)9-17(43-19(21)8-13)12-4-5-16(38-2)14(30)6-12/h4-8,11,17,20,22-30,32-37H,9-10H2,1-3H3/t11-,17+,20+,22+,23-,24-,25-,26-,27-,28-,29-/m0/s1. The highest BCUT2D eigenvalue weighted by Crippen LogP contribution is 2.44. The molecule has 7 N–H and O–H groups in total. The van der Waals surface area contributed by atoms with Crippen molar-refractivity contribution in [2.75, 3.05) is 20.8 Å². The molecule has 242 valence electrons. The number of ketones is 1. The summed E-state index contributed by atoms with van der Waals surface area (Å²) in [7, 11) is 2.76. The van der Waals surface area contributed by atoms with Gasteiger partial charge in [-0.15, -0.1) is 0 Å². The van der Waals surface area contributed by atoms with Crippen LogP contribution < -0.4 is 18.9 Å². The minimum atomic E-state index is -1.74. The molecular formula is C29H36O15. The average Bonchev–Trinajstić information content (AvgIpc) is 3.01. The van der Waals surface area contributed by atoms with E-state index < -0.39 is 74.1 Å². The van der Waals surface area contributed by atoms with Gasteiger partial charge in [0.15, 0.2) is 23.6 Å². The van der Waals surface area contributed by atoms with E-state index in [1.54, 1.807) is 12.1 Å². The molecule has 15 heteroatoms. The third kappa shape index (κ3) is 6.15. The van der Waals surface area contributed by atoms with Crippen molar-refractivity contribution in [3.05, 3.63) is 41.5 Å². The summed E-state index contributed by atoms with van der Waals surface area (Å²) in [5, 5.41) is 72.0. The number of phenolic OH excluding ortho intramolecular Hbond substituents is 1. The van der Waals surface area contributed by atoms with Gasteiger partial charge in [-0.2, -0.15) is 0 Å². The molecule has 0 aromatic heterocycles. The number of aliphatic hydroxyl groups excluding tert-OH is 6. The van der Waals surface area contributed by atoms with Crippen molar-refractivity contribution in [3.8, 4) is 28.7 Å². The zero-order valence-electron chi connectivity index (χ0n) is 24.0. The lowest BCUT2D eigenvalue weighted by atomic mass is 9.95. The number of hydrogen-bond donors (Lipinski definition) is 7. The second-order valence-corrected chi connectivity index (χ2v) is 10.8. The number of aromatic hydroxyl groups is 1. The minimum Gasteiger partial charge on any atom is -0.504 e. The van der Waals surface area contributed by atoms with Crippen LogP contribution in [-0.2, 0) is 14.2 Å². The number of rotatable bonds is 8. The second kappa shape index (κ2) is 13.0. The van der Waals surface area contributed by atoms with Gasteiger partial charge in [0.25, 0.3) is 0 Å². The zero-order chi connectivity index (χ0) is 31.9. The fourth-order valence-corrected chi connectivity index (χ4v) is 5.35. The van der Waals surface area contributed by atoms with Crippen LogP contribution in [0.3, 0.4) is 0 Å². The summed E-state index contributed by atoms with van der Waals surface area (Å²) in [5.41, 5.74) is 0.676. The molecule has 15 nitrogen and oxygen atoms in total. The average molecular weight is 625 g/mol. The van der Waals surface area contributed by atoms with Gasteiger partial charge < -0.3 is 68.9 Å². The molecule has 3 heterocycles. The number of carbonyl (C=O) groups excluding carboxylic acids is 1. The molecule has 3 aliphatic rings. The number of methoxy groups -OCH3 is 2. The molecule has 2 fully saturated rings. The van der Waals surface area contributed by atoms with Crippen LogP contribution in [0.15, 0.2) is 30.3 Å². The number of phenols is 1. The van der Waals surface area contributed by atoms with Crippen LogP contribution >= 0.6 is 0 Å². The SMILES string of the molecule is COc1ccc([C@H]2CC(=O)c3c(OC)cc(O[C@H]4O[C@H](CO[C@H]5O[C@@H](C)[C@@H](O)[C@H](O)[C@@H]5O)[C@H](O)[C@H](O)[C@@H]4O)cc3O2)cc1O. The maximum atomic E-state index is 13.1. The Bertz CT molecular complexity index is 1340. The molecule has 5 rings (SSSR count). The van der Waals surface area contributed by atoms with Gasteiger partial charge in [0.1, 0.15) is 71.6 Å². The largest absolute Gasteiger partial charge is 0.504 e. The van der Waals surface area contributed by atoms with Crippen LogP contribution in [0.2, 0.25) is 0 Å². The Morgan fingerprint density at radius 2 is 1.50 bits per heavy atom. The lowest BCUT2D eigenvalue weighted by molar-refractivity contribution is -0.318. The van der Waals surface area contributed by atoms with Crippen LogP contribution in [0.4, 0.5) is 0 Å². The summed E-state index contributed by atoms with van der Waals surface area (Å²) in [6.07, 6.45) is -15.5. The van der Waals surface area contributed by atoms with Crippen molar-refractivity contribution >= 4 is 5.78 Å².